The molecule has 2 aromatic rings. The van der Waals surface area contributed by atoms with E-state index >= 15 is 0 Å². The maximum atomic E-state index is 12.8. The molecule has 1 aliphatic rings. The number of aryl methyl sites for hydroxylation is 1. The lowest BCUT2D eigenvalue weighted by Crippen LogP contribution is -2.31. The average Bonchev–Trinajstić information content (AvgIpc) is 3.04. The summed E-state index contributed by atoms with van der Waals surface area (Å²) in [7, 11) is -3.42. The van der Waals surface area contributed by atoms with Crippen LogP contribution in [0.1, 0.15) is 42.4 Å². The van der Waals surface area contributed by atoms with Gasteiger partial charge in [-0.05, 0) is 55.5 Å². The van der Waals surface area contributed by atoms with Gasteiger partial charge in [-0.3, -0.25) is 4.79 Å². The Kier molecular flexibility index (Phi) is 7.82. The number of carbonyl (C=O) groups excluding carboxylic acids is 1. The number of hydrogen-bond acceptors (Lipinski definition) is 3. The maximum Gasteiger partial charge on any atom is 0.244 e. The molecule has 0 radical (unpaired) electrons. The van der Waals surface area contributed by atoms with Crippen molar-refractivity contribution in [2.45, 2.75) is 43.9 Å². The normalized spacial score (nSPS) is 15.8. The van der Waals surface area contributed by atoms with Gasteiger partial charge in [0.25, 0.3) is 0 Å². The lowest BCUT2D eigenvalue weighted by molar-refractivity contribution is -0.116. The van der Waals surface area contributed by atoms with E-state index in [2.05, 4.69) is 5.32 Å². The molecule has 1 saturated heterocycles. The zero-order valence-corrected chi connectivity index (χ0v) is 18.3. The van der Waals surface area contributed by atoms with E-state index in [4.69, 9.17) is 0 Å². The minimum Gasteiger partial charge on any atom is -0.352 e. The maximum absolute atomic E-state index is 12.8. The first kappa shape index (κ1) is 22.2. The predicted molar refractivity (Wildman–Crippen MR) is 121 cm³/mol. The molecule has 1 aliphatic heterocycles. The van der Waals surface area contributed by atoms with Crippen molar-refractivity contribution >= 4 is 22.0 Å². The van der Waals surface area contributed by atoms with Crippen LogP contribution >= 0.6 is 0 Å². The van der Waals surface area contributed by atoms with Crippen molar-refractivity contribution in [3.8, 4) is 0 Å². The van der Waals surface area contributed by atoms with Crippen molar-refractivity contribution in [2.24, 2.45) is 0 Å². The second kappa shape index (κ2) is 10.5. The molecule has 0 aliphatic carbocycles. The van der Waals surface area contributed by atoms with Crippen LogP contribution in [0.3, 0.4) is 0 Å². The van der Waals surface area contributed by atoms with Crippen LogP contribution < -0.4 is 5.32 Å². The molecule has 30 heavy (non-hydrogen) atoms. The molecule has 0 atom stereocenters. The molecule has 0 unspecified atom stereocenters. The third-order valence-corrected chi connectivity index (χ3v) is 7.26. The first-order chi connectivity index (χ1) is 14.4. The quantitative estimate of drug-likeness (QED) is 0.682. The summed E-state index contributed by atoms with van der Waals surface area (Å²) in [6.07, 6.45) is 8.01. The second-order valence-electron chi connectivity index (χ2n) is 7.75. The van der Waals surface area contributed by atoms with Gasteiger partial charge in [0.05, 0.1) is 4.90 Å². The first-order valence-corrected chi connectivity index (χ1v) is 12.0. The SMILES string of the molecule is Cc1ccc(/C=C/C(=O)NCCc2ccc(S(=O)(=O)N3CCCCCC3)cc2)cc1. The molecule has 1 amide bonds. The van der Waals surface area contributed by atoms with Crippen LogP contribution in [-0.2, 0) is 21.2 Å². The lowest BCUT2D eigenvalue weighted by atomic mass is 10.1. The number of rotatable bonds is 7. The van der Waals surface area contributed by atoms with Crippen molar-refractivity contribution in [2.75, 3.05) is 19.6 Å². The van der Waals surface area contributed by atoms with Gasteiger partial charge in [-0.15, -0.1) is 0 Å². The number of nitrogens with zero attached hydrogens (tertiary/aromatic N) is 1. The number of sulfonamides is 1. The third kappa shape index (κ3) is 6.28. The number of benzene rings is 2. The highest BCUT2D eigenvalue weighted by Gasteiger charge is 2.24. The second-order valence-corrected chi connectivity index (χ2v) is 9.69. The number of amides is 1. The Labute approximate surface area is 179 Å². The molecule has 5 nitrogen and oxygen atoms in total. The fraction of sp³-hybridized carbons (Fsp3) is 0.375. The fourth-order valence-corrected chi connectivity index (χ4v) is 5.01. The smallest absolute Gasteiger partial charge is 0.244 e. The van der Waals surface area contributed by atoms with E-state index in [1.54, 1.807) is 22.5 Å². The first-order valence-electron chi connectivity index (χ1n) is 10.6. The topological polar surface area (TPSA) is 66.5 Å². The Bertz CT molecular complexity index is 957. The Morgan fingerprint density at radius 2 is 1.60 bits per heavy atom. The standard InChI is InChI=1S/C24H30N2O3S/c1-20-6-8-21(9-7-20)12-15-24(27)25-17-16-22-10-13-23(14-11-22)30(28,29)26-18-4-2-3-5-19-26/h6-15H,2-5,16-19H2,1H3,(H,25,27)/b15-12+. The highest BCUT2D eigenvalue weighted by molar-refractivity contribution is 7.89. The van der Waals surface area contributed by atoms with Crippen LogP contribution in [0.4, 0.5) is 0 Å². The van der Waals surface area contributed by atoms with Crippen LogP contribution in [0, 0.1) is 6.92 Å². The van der Waals surface area contributed by atoms with Crippen LogP contribution in [-0.4, -0.2) is 38.3 Å². The Hall–Kier alpha value is -2.44. The summed E-state index contributed by atoms with van der Waals surface area (Å²) in [5, 5.41) is 2.86. The van der Waals surface area contributed by atoms with E-state index in [-0.39, 0.29) is 5.91 Å². The predicted octanol–water partition coefficient (Wildman–Crippen LogP) is 3.93. The van der Waals surface area contributed by atoms with Gasteiger partial charge in [-0.1, -0.05) is 54.8 Å². The minimum absolute atomic E-state index is 0.143. The van der Waals surface area contributed by atoms with Crippen molar-refractivity contribution in [1.29, 1.82) is 0 Å². The van der Waals surface area contributed by atoms with Gasteiger partial charge in [0.1, 0.15) is 0 Å². The van der Waals surface area contributed by atoms with Crippen molar-refractivity contribution in [3.63, 3.8) is 0 Å². The minimum atomic E-state index is -3.42. The summed E-state index contributed by atoms with van der Waals surface area (Å²) in [5.74, 6) is -0.143. The van der Waals surface area contributed by atoms with Crippen LogP contribution in [0.5, 0.6) is 0 Å². The van der Waals surface area contributed by atoms with Crippen molar-refractivity contribution in [3.05, 3.63) is 71.3 Å². The molecule has 160 valence electrons. The van der Waals surface area contributed by atoms with Gasteiger partial charge < -0.3 is 5.32 Å². The van der Waals surface area contributed by atoms with E-state index < -0.39 is 10.0 Å². The van der Waals surface area contributed by atoms with Gasteiger partial charge >= 0.3 is 0 Å². The van der Waals surface area contributed by atoms with E-state index in [1.165, 1.54) is 11.6 Å². The molecular weight excluding hydrogens is 396 g/mol. The number of nitrogens with one attached hydrogen (secondary N) is 1. The summed E-state index contributed by atoms with van der Waals surface area (Å²) >= 11 is 0. The summed E-state index contributed by atoms with van der Waals surface area (Å²) in [6, 6.07) is 15.0. The largest absolute Gasteiger partial charge is 0.352 e. The molecule has 0 saturated carbocycles. The molecule has 0 aromatic heterocycles. The molecule has 0 spiro atoms. The van der Waals surface area contributed by atoms with Crippen LogP contribution in [0.15, 0.2) is 59.5 Å². The highest BCUT2D eigenvalue weighted by Crippen LogP contribution is 2.20. The van der Waals surface area contributed by atoms with E-state index in [1.807, 2.05) is 43.3 Å². The van der Waals surface area contributed by atoms with Gasteiger partial charge in [-0.25, -0.2) is 8.42 Å². The molecule has 1 fully saturated rings. The molecular formula is C24H30N2O3S. The summed E-state index contributed by atoms with van der Waals surface area (Å²) < 4.78 is 27.3. The van der Waals surface area contributed by atoms with Gasteiger partial charge in [-0.2, -0.15) is 4.31 Å². The van der Waals surface area contributed by atoms with Crippen molar-refractivity contribution < 1.29 is 13.2 Å². The van der Waals surface area contributed by atoms with E-state index in [0.29, 0.717) is 31.0 Å². The lowest BCUT2D eigenvalue weighted by Gasteiger charge is -2.20. The number of carbonyl (C=O) groups is 1. The fourth-order valence-electron chi connectivity index (χ4n) is 3.50. The van der Waals surface area contributed by atoms with Crippen molar-refractivity contribution in [1.82, 2.24) is 9.62 Å². The zero-order chi connectivity index (χ0) is 21.4. The summed E-state index contributed by atoms with van der Waals surface area (Å²) in [5.41, 5.74) is 3.16. The Balaban J connectivity index is 1.49. The van der Waals surface area contributed by atoms with Crippen LogP contribution in [0.25, 0.3) is 6.08 Å². The Morgan fingerprint density at radius 3 is 2.23 bits per heavy atom. The molecule has 3 rings (SSSR count). The zero-order valence-electron chi connectivity index (χ0n) is 17.5. The van der Waals surface area contributed by atoms with Crippen LogP contribution in [0.2, 0.25) is 0 Å². The average molecular weight is 427 g/mol. The molecule has 2 aromatic carbocycles. The van der Waals surface area contributed by atoms with Gasteiger partial charge in [0, 0.05) is 25.7 Å². The molecule has 6 heteroatoms. The molecule has 0 bridgehead atoms. The van der Waals surface area contributed by atoms with Gasteiger partial charge in [0.15, 0.2) is 0 Å². The third-order valence-electron chi connectivity index (χ3n) is 5.34. The highest BCUT2D eigenvalue weighted by atomic mass is 32.2. The molecule has 1 heterocycles. The summed E-state index contributed by atoms with van der Waals surface area (Å²) in [6.45, 7) is 3.73. The monoisotopic (exact) mass is 426 g/mol. The van der Waals surface area contributed by atoms with E-state index in [0.717, 1.165) is 36.8 Å². The van der Waals surface area contributed by atoms with E-state index in [9.17, 15) is 13.2 Å². The number of hydrogen-bond donors (Lipinski definition) is 1. The van der Waals surface area contributed by atoms with Gasteiger partial charge in [0.2, 0.25) is 15.9 Å². The molecule has 1 N–H and O–H groups in total. The summed E-state index contributed by atoms with van der Waals surface area (Å²) in [4.78, 5) is 12.3. The Morgan fingerprint density at radius 1 is 0.967 bits per heavy atom.